The van der Waals surface area contributed by atoms with Crippen LogP contribution in [-0.2, 0) is 32.3 Å². The monoisotopic (exact) mass is 585 g/mol. The lowest BCUT2D eigenvalue weighted by molar-refractivity contribution is -0.139. The summed E-state index contributed by atoms with van der Waals surface area (Å²) in [5.41, 5.74) is -1.32. The van der Waals surface area contributed by atoms with E-state index >= 15 is 0 Å². The second-order valence-corrected chi connectivity index (χ2v) is 10.7. The molecule has 0 saturated heterocycles. The molecule has 0 aliphatic heterocycles. The zero-order valence-electron chi connectivity index (χ0n) is 20.7. The van der Waals surface area contributed by atoms with E-state index in [0.717, 1.165) is 23.1 Å². The number of hydrogen-bond acceptors (Lipinski definition) is 4. The fourth-order valence-electron chi connectivity index (χ4n) is 3.69. The molecule has 0 aliphatic carbocycles. The number of hydrogen-bond donors (Lipinski definition) is 1. The van der Waals surface area contributed by atoms with E-state index in [-0.39, 0.29) is 16.5 Å². The molecule has 1 N–H and O–H groups in total. The minimum absolute atomic E-state index is 0.219. The molecule has 0 aromatic heterocycles. The van der Waals surface area contributed by atoms with Crippen LogP contribution in [0.15, 0.2) is 77.7 Å². The maximum Gasteiger partial charge on any atom is 0.416 e. The lowest BCUT2D eigenvalue weighted by Gasteiger charge is -2.32. The Balaban J connectivity index is 2.12. The minimum atomic E-state index is -4.83. The van der Waals surface area contributed by atoms with Gasteiger partial charge >= 0.3 is 6.18 Å². The molecule has 7 nitrogen and oxygen atoms in total. The molecule has 3 rings (SSSR count). The molecule has 0 fully saturated rings. The summed E-state index contributed by atoms with van der Waals surface area (Å²) < 4.78 is 81.8. The molecule has 0 saturated carbocycles. The summed E-state index contributed by atoms with van der Waals surface area (Å²) in [5.74, 6) is -2.03. The topological polar surface area (TPSA) is 86.8 Å². The quantitative estimate of drug-likeness (QED) is 0.364. The zero-order chi connectivity index (χ0) is 29.0. The molecule has 3 aromatic carbocycles. The number of rotatable bonds is 9. The molecule has 3 aromatic rings. The van der Waals surface area contributed by atoms with Crippen LogP contribution >= 0.6 is 11.6 Å². The van der Waals surface area contributed by atoms with Crippen molar-refractivity contribution >= 4 is 39.1 Å². The molecule has 2 amide bonds. The predicted molar refractivity (Wildman–Crippen MR) is 138 cm³/mol. The average Bonchev–Trinajstić information content (AvgIpc) is 2.90. The average molecular weight is 586 g/mol. The summed E-state index contributed by atoms with van der Waals surface area (Å²) >= 11 is 6.18. The highest BCUT2D eigenvalue weighted by Gasteiger charge is 2.36. The first-order valence-corrected chi connectivity index (χ1v) is 13.3. The first-order chi connectivity index (χ1) is 18.3. The van der Waals surface area contributed by atoms with Gasteiger partial charge in [0.2, 0.25) is 11.8 Å². The molecule has 0 aliphatic rings. The molecule has 208 valence electrons. The van der Waals surface area contributed by atoms with Crippen molar-refractivity contribution in [3.63, 3.8) is 0 Å². The summed E-state index contributed by atoms with van der Waals surface area (Å²) in [7, 11) is -3.27. The lowest BCUT2D eigenvalue weighted by Crippen LogP contribution is -2.50. The Bertz CT molecular complexity index is 1440. The van der Waals surface area contributed by atoms with Crippen LogP contribution in [-0.4, -0.2) is 44.8 Å². The molecule has 0 radical (unpaired) electrons. The Morgan fingerprint density at radius 2 is 1.62 bits per heavy atom. The normalized spacial score (nSPS) is 12.5. The van der Waals surface area contributed by atoms with Gasteiger partial charge in [0.25, 0.3) is 10.0 Å². The highest BCUT2D eigenvalue weighted by molar-refractivity contribution is 7.92. The summed E-state index contributed by atoms with van der Waals surface area (Å²) in [5, 5.41) is 2.05. The second kappa shape index (κ2) is 12.0. The zero-order valence-corrected chi connectivity index (χ0v) is 22.3. The standard InChI is InChI=1S/C26H24ClF4N3O4S/c1-17(25(36)32-2)33(15-18-8-11-20(28)12-9-18)24(35)16-34(39(37,38)21-6-4-3-5-7-21)23-14-19(26(29,30)31)10-13-22(23)27/h3-14,17H,15-16H2,1-2H3,(H,32,36)/t17-/m1/s1. The van der Waals surface area contributed by atoms with E-state index in [0.29, 0.717) is 22.0 Å². The Kier molecular flexibility index (Phi) is 9.23. The van der Waals surface area contributed by atoms with Crippen LogP contribution in [0.25, 0.3) is 0 Å². The highest BCUT2D eigenvalue weighted by atomic mass is 35.5. The summed E-state index contributed by atoms with van der Waals surface area (Å²) in [6, 6.07) is 12.9. The van der Waals surface area contributed by atoms with E-state index in [4.69, 9.17) is 11.6 Å². The van der Waals surface area contributed by atoms with Gasteiger partial charge in [0.05, 0.1) is 21.2 Å². The van der Waals surface area contributed by atoms with E-state index in [1.165, 1.54) is 50.4 Å². The number of nitrogens with zero attached hydrogens (tertiary/aromatic N) is 2. The van der Waals surface area contributed by atoms with Gasteiger partial charge in [0, 0.05) is 13.6 Å². The lowest BCUT2D eigenvalue weighted by atomic mass is 10.1. The smallest absolute Gasteiger partial charge is 0.357 e. The summed E-state index contributed by atoms with van der Waals surface area (Å²) in [4.78, 5) is 26.8. The largest absolute Gasteiger partial charge is 0.416 e. The molecular weight excluding hydrogens is 562 g/mol. The van der Waals surface area contributed by atoms with Gasteiger partial charge in [-0.3, -0.25) is 13.9 Å². The van der Waals surface area contributed by atoms with Crippen LogP contribution in [0.1, 0.15) is 18.1 Å². The first kappa shape index (κ1) is 29.9. The van der Waals surface area contributed by atoms with Gasteiger partial charge in [-0.25, -0.2) is 12.8 Å². The molecule has 0 heterocycles. The van der Waals surface area contributed by atoms with Gasteiger partial charge in [-0.2, -0.15) is 13.2 Å². The van der Waals surface area contributed by atoms with Gasteiger partial charge < -0.3 is 10.2 Å². The number of anilines is 1. The first-order valence-electron chi connectivity index (χ1n) is 11.5. The van der Waals surface area contributed by atoms with Gasteiger partial charge in [0.1, 0.15) is 18.4 Å². The molecule has 0 spiro atoms. The molecule has 39 heavy (non-hydrogen) atoms. The van der Waals surface area contributed by atoms with Crippen LogP contribution in [0.3, 0.4) is 0 Å². The van der Waals surface area contributed by atoms with Crippen molar-refractivity contribution in [3.8, 4) is 0 Å². The van der Waals surface area contributed by atoms with Crippen LogP contribution in [0.4, 0.5) is 23.2 Å². The number of carbonyl (C=O) groups excluding carboxylic acids is 2. The fourth-order valence-corrected chi connectivity index (χ4v) is 5.41. The van der Waals surface area contributed by atoms with Gasteiger partial charge in [-0.1, -0.05) is 41.9 Å². The van der Waals surface area contributed by atoms with Crippen molar-refractivity contribution in [1.29, 1.82) is 0 Å². The van der Waals surface area contributed by atoms with Gasteiger partial charge in [-0.15, -0.1) is 0 Å². The van der Waals surface area contributed by atoms with Crippen molar-refractivity contribution in [3.05, 3.63) is 94.8 Å². The Labute approximate surface area is 228 Å². The number of halogens is 5. The molecule has 13 heteroatoms. The number of benzene rings is 3. The van der Waals surface area contributed by atoms with Crippen molar-refractivity contribution in [2.45, 2.75) is 30.6 Å². The number of likely N-dealkylation sites (N-methyl/N-ethyl adjacent to an activating group) is 1. The van der Waals surface area contributed by atoms with Gasteiger partial charge in [0.15, 0.2) is 0 Å². The maximum atomic E-state index is 13.7. The third-order valence-corrected chi connectivity index (χ3v) is 7.93. The summed E-state index contributed by atoms with van der Waals surface area (Å²) in [6.45, 7) is 0.192. The number of alkyl halides is 3. The number of nitrogens with one attached hydrogen (secondary N) is 1. The van der Waals surface area contributed by atoms with E-state index in [1.807, 2.05) is 0 Å². The van der Waals surface area contributed by atoms with Crippen molar-refractivity contribution in [2.75, 3.05) is 17.9 Å². The second-order valence-electron chi connectivity index (χ2n) is 8.43. The van der Waals surface area contributed by atoms with E-state index in [9.17, 15) is 35.6 Å². The highest BCUT2D eigenvalue weighted by Crippen LogP contribution is 2.37. The Hall–Kier alpha value is -3.64. The Morgan fingerprint density at radius 1 is 1.00 bits per heavy atom. The minimum Gasteiger partial charge on any atom is -0.357 e. The number of carbonyl (C=O) groups is 2. The van der Waals surface area contributed by atoms with Crippen molar-refractivity contribution in [1.82, 2.24) is 10.2 Å². The Morgan fingerprint density at radius 3 is 2.18 bits per heavy atom. The number of sulfonamides is 1. The van der Waals surface area contributed by atoms with Gasteiger partial charge in [-0.05, 0) is 55.0 Å². The molecule has 0 bridgehead atoms. The fraction of sp³-hybridized carbons (Fsp3) is 0.231. The van der Waals surface area contributed by atoms with E-state index in [1.54, 1.807) is 6.07 Å². The SMILES string of the molecule is CNC(=O)[C@@H](C)N(Cc1ccc(F)cc1)C(=O)CN(c1cc(C(F)(F)F)ccc1Cl)S(=O)(=O)c1ccccc1. The maximum absolute atomic E-state index is 13.7. The van der Waals surface area contributed by atoms with E-state index < -0.39 is 57.7 Å². The third-order valence-electron chi connectivity index (χ3n) is 5.83. The third kappa shape index (κ3) is 7.07. The molecular formula is C26H24ClF4N3O4S. The van der Waals surface area contributed by atoms with Crippen molar-refractivity contribution in [2.24, 2.45) is 0 Å². The molecule has 0 unspecified atom stereocenters. The summed E-state index contributed by atoms with van der Waals surface area (Å²) in [6.07, 6.45) is -4.83. The van der Waals surface area contributed by atoms with Crippen molar-refractivity contribution < 1.29 is 35.6 Å². The van der Waals surface area contributed by atoms with Crippen LogP contribution < -0.4 is 9.62 Å². The number of amides is 2. The predicted octanol–water partition coefficient (Wildman–Crippen LogP) is 4.86. The van der Waals surface area contributed by atoms with E-state index in [2.05, 4.69) is 5.32 Å². The van der Waals surface area contributed by atoms with Crippen LogP contribution in [0.2, 0.25) is 5.02 Å². The van der Waals surface area contributed by atoms with Crippen LogP contribution in [0.5, 0.6) is 0 Å². The molecule has 1 atom stereocenters. The van der Waals surface area contributed by atoms with Crippen LogP contribution in [0, 0.1) is 5.82 Å².